The van der Waals surface area contributed by atoms with E-state index in [2.05, 4.69) is 29.5 Å². The fourth-order valence-corrected chi connectivity index (χ4v) is 4.24. The molecule has 3 aromatic rings. The quantitative estimate of drug-likeness (QED) is 0.485. The number of ether oxygens (including phenoxy) is 2. The zero-order valence-electron chi connectivity index (χ0n) is 19.3. The van der Waals surface area contributed by atoms with Crippen LogP contribution >= 0.6 is 12.2 Å². The molecular formula is C25H28N4O3S. The maximum atomic E-state index is 5.79. The molecule has 1 aliphatic heterocycles. The molecular weight excluding hydrogens is 436 g/mol. The van der Waals surface area contributed by atoms with Gasteiger partial charge in [0.2, 0.25) is 5.82 Å². The average molecular weight is 465 g/mol. The smallest absolute Gasteiger partial charge is 0.258 e. The highest BCUT2D eigenvalue weighted by atomic mass is 32.1. The Labute approximate surface area is 199 Å². The molecule has 1 atom stereocenters. The Balaban J connectivity index is 1.76. The maximum absolute atomic E-state index is 5.79. The molecule has 2 aromatic carbocycles. The van der Waals surface area contributed by atoms with E-state index in [1.165, 1.54) is 5.56 Å². The molecule has 172 valence electrons. The van der Waals surface area contributed by atoms with Gasteiger partial charge in [0.05, 0.1) is 25.3 Å². The molecule has 0 aliphatic carbocycles. The van der Waals surface area contributed by atoms with Crippen molar-refractivity contribution in [2.45, 2.75) is 26.3 Å². The molecule has 0 saturated heterocycles. The Bertz CT molecular complexity index is 1140. The Kier molecular flexibility index (Phi) is 7.05. The van der Waals surface area contributed by atoms with Crippen LogP contribution in [0.2, 0.25) is 0 Å². The molecule has 1 aromatic heterocycles. The van der Waals surface area contributed by atoms with Crippen molar-refractivity contribution in [3.8, 4) is 17.1 Å². The number of methoxy groups -OCH3 is 2. The van der Waals surface area contributed by atoms with Crippen LogP contribution in [0.15, 0.2) is 58.8 Å². The van der Waals surface area contributed by atoms with Gasteiger partial charge < -0.3 is 24.2 Å². The minimum Gasteiger partial charge on any atom is -0.497 e. The largest absolute Gasteiger partial charge is 0.497 e. The molecule has 1 aliphatic rings. The lowest BCUT2D eigenvalue weighted by Gasteiger charge is -2.37. The van der Waals surface area contributed by atoms with Crippen LogP contribution < -0.4 is 10.1 Å². The molecule has 0 saturated carbocycles. The van der Waals surface area contributed by atoms with Crippen molar-refractivity contribution in [3.63, 3.8) is 0 Å². The predicted molar refractivity (Wildman–Crippen MR) is 132 cm³/mol. The van der Waals surface area contributed by atoms with Gasteiger partial charge in [-0.05, 0) is 48.8 Å². The number of rotatable bonds is 8. The second kappa shape index (κ2) is 10.1. The van der Waals surface area contributed by atoms with E-state index < -0.39 is 0 Å². The van der Waals surface area contributed by atoms with Gasteiger partial charge in [-0.25, -0.2) is 0 Å². The van der Waals surface area contributed by atoms with E-state index in [0.717, 1.165) is 34.6 Å². The summed E-state index contributed by atoms with van der Waals surface area (Å²) in [6.45, 7) is 5.31. The van der Waals surface area contributed by atoms with Crippen LogP contribution in [-0.2, 0) is 11.2 Å². The number of aromatic nitrogens is 2. The van der Waals surface area contributed by atoms with Crippen molar-refractivity contribution in [3.05, 3.63) is 71.2 Å². The Morgan fingerprint density at radius 1 is 1.09 bits per heavy atom. The molecule has 2 heterocycles. The number of hydrogen-bond acceptors (Lipinski definition) is 6. The molecule has 7 nitrogen and oxygen atoms in total. The Hall–Kier alpha value is -3.23. The highest BCUT2D eigenvalue weighted by Gasteiger charge is 2.34. The summed E-state index contributed by atoms with van der Waals surface area (Å²) in [4.78, 5) is 6.77. The maximum Gasteiger partial charge on any atom is 0.258 e. The van der Waals surface area contributed by atoms with E-state index in [9.17, 15) is 0 Å². The highest BCUT2D eigenvalue weighted by Crippen LogP contribution is 2.37. The summed E-state index contributed by atoms with van der Waals surface area (Å²) in [5, 5.41) is 8.35. The topological polar surface area (TPSA) is 72.7 Å². The molecule has 0 amide bonds. The van der Waals surface area contributed by atoms with E-state index in [-0.39, 0.29) is 6.04 Å². The minimum atomic E-state index is -0.238. The van der Waals surface area contributed by atoms with E-state index in [0.29, 0.717) is 30.0 Å². The predicted octanol–water partition coefficient (Wildman–Crippen LogP) is 4.62. The van der Waals surface area contributed by atoms with Crippen LogP contribution in [0.3, 0.4) is 0 Å². The number of thiocarbonyl (C=S) groups is 1. The van der Waals surface area contributed by atoms with Gasteiger partial charge in [0.1, 0.15) is 5.75 Å². The van der Waals surface area contributed by atoms with Crippen molar-refractivity contribution < 1.29 is 14.0 Å². The van der Waals surface area contributed by atoms with Crippen LogP contribution in [0.4, 0.5) is 0 Å². The van der Waals surface area contributed by atoms with Gasteiger partial charge in [0.25, 0.3) is 5.89 Å². The van der Waals surface area contributed by atoms with Crippen molar-refractivity contribution in [2.24, 2.45) is 0 Å². The van der Waals surface area contributed by atoms with Crippen molar-refractivity contribution in [2.75, 3.05) is 27.4 Å². The molecule has 4 rings (SSSR count). The average Bonchev–Trinajstić information content (AvgIpc) is 3.33. The molecule has 0 fully saturated rings. The number of nitrogens with zero attached hydrogens (tertiary/aromatic N) is 3. The highest BCUT2D eigenvalue weighted by molar-refractivity contribution is 7.80. The van der Waals surface area contributed by atoms with Gasteiger partial charge in [0.15, 0.2) is 5.11 Å². The second-order valence-electron chi connectivity index (χ2n) is 7.77. The SMILES string of the molecule is CCc1ccc(-c2noc(C3=C(C)N(CCOC)C(=S)NC3c3ccc(OC)cc3)n2)cc1. The lowest BCUT2D eigenvalue weighted by molar-refractivity contribution is 0.183. The first-order valence-electron chi connectivity index (χ1n) is 10.9. The van der Waals surface area contributed by atoms with Crippen LogP contribution in [0, 0.1) is 0 Å². The monoisotopic (exact) mass is 464 g/mol. The third-order valence-electron chi connectivity index (χ3n) is 5.84. The fraction of sp³-hybridized carbons (Fsp3) is 0.320. The lowest BCUT2D eigenvalue weighted by Crippen LogP contribution is -2.47. The number of allylic oxidation sites excluding steroid dienone is 1. The van der Waals surface area contributed by atoms with Crippen LogP contribution in [0.25, 0.3) is 17.0 Å². The molecule has 8 heteroatoms. The molecule has 0 bridgehead atoms. The molecule has 1 unspecified atom stereocenters. The van der Waals surface area contributed by atoms with Gasteiger partial charge in [-0.15, -0.1) is 0 Å². The summed E-state index contributed by atoms with van der Waals surface area (Å²) < 4.78 is 16.4. The van der Waals surface area contributed by atoms with Gasteiger partial charge >= 0.3 is 0 Å². The summed E-state index contributed by atoms with van der Waals surface area (Å²) in [5.74, 6) is 1.80. The zero-order valence-corrected chi connectivity index (χ0v) is 20.1. The van der Waals surface area contributed by atoms with Gasteiger partial charge in [-0.1, -0.05) is 48.5 Å². The van der Waals surface area contributed by atoms with Crippen molar-refractivity contribution in [1.29, 1.82) is 0 Å². The van der Waals surface area contributed by atoms with Crippen LogP contribution in [0.1, 0.15) is 36.9 Å². The summed E-state index contributed by atoms with van der Waals surface area (Å²) in [7, 11) is 3.33. The minimum absolute atomic E-state index is 0.238. The van der Waals surface area contributed by atoms with E-state index in [4.69, 9.17) is 31.2 Å². The first-order valence-corrected chi connectivity index (χ1v) is 11.3. The van der Waals surface area contributed by atoms with Crippen molar-refractivity contribution >= 4 is 22.9 Å². The van der Waals surface area contributed by atoms with Gasteiger partial charge in [0, 0.05) is 24.9 Å². The molecule has 0 radical (unpaired) electrons. The number of benzene rings is 2. The lowest BCUT2D eigenvalue weighted by atomic mass is 9.94. The Morgan fingerprint density at radius 3 is 2.45 bits per heavy atom. The summed E-state index contributed by atoms with van der Waals surface area (Å²) >= 11 is 5.69. The van der Waals surface area contributed by atoms with Gasteiger partial charge in [-0.2, -0.15) is 4.98 Å². The number of aryl methyl sites for hydroxylation is 1. The fourth-order valence-electron chi connectivity index (χ4n) is 3.90. The second-order valence-corrected chi connectivity index (χ2v) is 8.16. The number of nitrogens with one attached hydrogen (secondary N) is 1. The molecule has 0 spiro atoms. The summed E-state index contributed by atoms with van der Waals surface area (Å²) in [6.07, 6.45) is 0.982. The van der Waals surface area contributed by atoms with E-state index in [1.807, 2.05) is 48.2 Å². The van der Waals surface area contributed by atoms with E-state index in [1.54, 1.807) is 14.2 Å². The summed E-state index contributed by atoms with van der Waals surface area (Å²) in [5.41, 5.74) is 5.03. The standard InChI is InChI=1S/C25H28N4O3S/c1-5-17-6-8-19(9-7-17)23-27-24(32-28-23)21-16(2)29(14-15-30-3)25(33)26-22(21)18-10-12-20(31-4)13-11-18/h6-13,22H,5,14-15H2,1-4H3,(H,26,33). The van der Waals surface area contributed by atoms with Crippen molar-refractivity contribution in [1.82, 2.24) is 20.4 Å². The number of hydrogen-bond donors (Lipinski definition) is 1. The molecule has 1 N–H and O–H groups in total. The third-order valence-corrected chi connectivity index (χ3v) is 6.18. The third kappa shape index (κ3) is 4.77. The normalized spacial score (nSPS) is 16.2. The first kappa shape index (κ1) is 22.9. The summed E-state index contributed by atoms with van der Waals surface area (Å²) in [6, 6.07) is 15.9. The van der Waals surface area contributed by atoms with Gasteiger partial charge in [-0.3, -0.25) is 0 Å². The van der Waals surface area contributed by atoms with Crippen LogP contribution in [0.5, 0.6) is 5.75 Å². The molecule has 33 heavy (non-hydrogen) atoms. The van der Waals surface area contributed by atoms with Crippen LogP contribution in [-0.4, -0.2) is 47.5 Å². The zero-order chi connectivity index (χ0) is 23.4. The Morgan fingerprint density at radius 2 is 1.82 bits per heavy atom. The first-order chi connectivity index (χ1) is 16.0. The van der Waals surface area contributed by atoms with E-state index >= 15 is 0 Å².